The molecule has 23 heavy (non-hydrogen) atoms. The number of hydrogen-bond donors (Lipinski definition) is 0. The number of carbonyl (C=O) groups is 2. The maximum absolute atomic E-state index is 12.4. The lowest BCUT2D eigenvalue weighted by molar-refractivity contribution is -0.145. The van der Waals surface area contributed by atoms with Crippen LogP contribution in [0.2, 0.25) is 0 Å². The highest BCUT2D eigenvalue weighted by molar-refractivity contribution is 5.84. The molecule has 0 spiro atoms. The normalized spacial score (nSPS) is 29.0. The van der Waals surface area contributed by atoms with E-state index in [1.807, 2.05) is 36.1 Å². The molecule has 1 saturated heterocycles. The van der Waals surface area contributed by atoms with Gasteiger partial charge in [0.2, 0.25) is 5.91 Å². The lowest BCUT2D eigenvalue weighted by Gasteiger charge is -2.29. The fraction of sp³-hybridized carbons (Fsp3) is 0.556. The van der Waals surface area contributed by atoms with Crippen molar-refractivity contribution in [3.63, 3.8) is 0 Å². The second kappa shape index (κ2) is 6.22. The fourth-order valence-electron chi connectivity index (χ4n) is 3.76. The van der Waals surface area contributed by atoms with Crippen molar-refractivity contribution in [1.82, 2.24) is 4.90 Å². The Labute approximate surface area is 136 Å². The third-order valence-corrected chi connectivity index (χ3v) is 4.94. The van der Waals surface area contributed by atoms with Gasteiger partial charge in [0, 0.05) is 19.0 Å². The van der Waals surface area contributed by atoms with E-state index in [-0.39, 0.29) is 35.7 Å². The molecule has 1 aromatic carbocycles. The fourth-order valence-corrected chi connectivity index (χ4v) is 3.76. The first-order chi connectivity index (χ1) is 11.1. The zero-order valence-corrected chi connectivity index (χ0v) is 13.8. The Morgan fingerprint density at radius 2 is 2.00 bits per heavy atom. The Bertz CT molecular complexity index is 598. The number of carbonyl (C=O) groups excluding carboxylic acids is 2. The summed E-state index contributed by atoms with van der Waals surface area (Å²) in [6.45, 7) is 4.79. The number of fused-ring (bicyclic) bond motifs is 1. The van der Waals surface area contributed by atoms with Gasteiger partial charge in [-0.2, -0.15) is 0 Å². The van der Waals surface area contributed by atoms with Crippen molar-refractivity contribution in [2.45, 2.75) is 32.9 Å². The zero-order chi connectivity index (χ0) is 16.6. The topological polar surface area (TPSA) is 55.8 Å². The summed E-state index contributed by atoms with van der Waals surface area (Å²) in [5.41, 5.74) is 1.04. The molecule has 1 aliphatic carbocycles. The van der Waals surface area contributed by atoms with Crippen LogP contribution in [0.3, 0.4) is 0 Å². The standard InChI is InChI=1S/C18H23NO4/c1-4-23-18(21)16-15-11(2)9-14(20)19(17(15)16)10-12-5-7-13(22-3)8-6-12/h5-8,11,15-17H,4,9-10H2,1-3H3/t11-,15+,16-,17+/m1/s1. The van der Waals surface area contributed by atoms with Crippen LogP contribution in [-0.2, 0) is 20.9 Å². The molecule has 0 N–H and O–H groups in total. The Kier molecular flexibility index (Phi) is 4.28. The van der Waals surface area contributed by atoms with E-state index in [2.05, 4.69) is 6.92 Å². The van der Waals surface area contributed by atoms with Crippen LogP contribution in [0.5, 0.6) is 5.75 Å². The van der Waals surface area contributed by atoms with Crippen LogP contribution in [0, 0.1) is 17.8 Å². The van der Waals surface area contributed by atoms with Crippen molar-refractivity contribution < 1.29 is 19.1 Å². The molecule has 4 atom stereocenters. The summed E-state index contributed by atoms with van der Waals surface area (Å²) in [6.07, 6.45) is 0.507. The van der Waals surface area contributed by atoms with Gasteiger partial charge in [0.1, 0.15) is 5.75 Å². The Balaban J connectivity index is 1.75. The van der Waals surface area contributed by atoms with Crippen LogP contribution >= 0.6 is 0 Å². The minimum absolute atomic E-state index is 0.00704. The van der Waals surface area contributed by atoms with Crippen LogP contribution in [0.1, 0.15) is 25.8 Å². The molecule has 0 aromatic heterocycles. The summed E-state index contributed by atoms with van der Waals surface area (Å²) in [5, 5.41) is 0. The molecule has 0 bridgehead atoms. The monoisotopic (exact) mass is 317 g/mol. The minimum Gasteiger partial charge on any atom is -0.497 e. The van der Waals surface area contributed by atoms with E-state index in [1.54, 1.807) is 7.11 Å². The number of nitrogens with zero attached hydrogens (tertiary/aromatic N) is 1. The van der Waals surface area contributed by atoms with Gasteiger partial charge in [-0.1, -0.05) is 19.1 Å². The molecule has 124 valence electrons. The molecule has 3 rings (SSSR count). The number of piperidine rings is 1. The summed E-state index contributed by atoms with van der Waals surface area (Å²) in [5.74, 6) is 1.08. The molecule has 1 aromatic rings. The zero-order valence-electron chi connectivity index (χ0n) is 13.8. The average molecular weight is 317 g/mol. The smallest absolute Gasteiger partial charge is 0.311 e. The highest BCUT2D eigenvalue weighted by Gasteiger charge is 2.64. The highest BCUT2D eigenvalue weighted by Crippen LogP contribution is 2.53. The summed E-state index contributed by atoms with van der Waals surface area (Å²) < 4.78 is 10.3. The number of methoxy groups -OCH3 is 1. The minimum atomic E-state index is -0.163. The molecular weight excluding hydrogens is 294 g/mol. The van der Waals surface area contributed by atoms with Gasteiger partial charge in [-0.25, -0.2) is 0 Å². The van der Waals surface area contributed by atoms with E-state index < -0.39 is 0 Å². The van der Waals surface area contributed by atoms with E-state index in [9.17, 15) is 9.59 Å². The van der Waals surface area contributed by atoms with Crippen molar-refractivity contribution in [1.29, 1.82) is 0 Å². The number of esters is 1. The maximum Gasteiger partial charge on any atom is 0.311 e. The number of amides is 1. The molecule has 0 radical (unpaired) electrons. The molecular formula is C18H23NO4. The molecule has 5 nitrogen and oxygen atoms in total. The number of hydrogen-bond acceptors (Lipinski definition) is 4. The van der Waals surface area contributed by atoms with E-state index in [0.717, 1.165) is 11.3 Å². The largest absolute Gasteiger partial charge is 0.497 e. The first kappa shape index (κ1) is 15.8. The lowest BCUT2D eigenvalue weighted by Crippen LogP contribution is -2.39. The van der Waals surface area contributed by atoms with Gasteiger partial charge in [0.15, 0.2) is 0 Å². The van der Waals surface area contributed by atoms with E-state index in [4.69, 9.17) is 9.47 Å². The van der Waals surface area contributed by atoms with Crippen molar-refractivity contribution in [2.24, 2.45) is 17.8 Å². The summed E-state index contributed by atoms with van der Waals surface area (Å²) in [7, 11) is 1.63. The molecule has 1 heterocycles. The Hall–Kier alpha value is -2.04. The van der Waals surface area contributed by atoms with Gasteiger partial charge < -0.3 is 14.4 Å². The van der Waals surface area contributed by atoms with Gasteiger partial charge >= 0.3 is 5.97 Å². The third kappa shape index (κ3) is 2.92. The van der Waals surface area contributed by atoms with Gasteiger partial charge in [-0.15, -0.1) is 0 Å². The van der Waals surface area contributed by atoms with Crippen molar-refractivity contribution in [3.05, 3.63) is 29.8 Å². The molecule has 1 aliphatic heterocycles. The second-order valence-corrected chi connectivity index (χ2v) is 6.40. The SMILES string of the molecule is CCOC(=O)[C@@H]1[C@H]2[C@@H]1N(Cc1ccc(OC)cc1)C(=O)C[C@H]2C. The number of ether oxygens (including phenoxy) is 2. The van der Waals surface area contributed by atoms with E-state index in [1.165, 1.54) is 0 Å². The summed E-state index contributed by atoms with van der Waals surface area (Å²) in [6, 6.07) is 7.69. The summed E-state index contributed by atoms with van der Waals surface area (Å²) in [4.78, 5) is 26.4. The van der Waals surface area contributed by atoms with Gasteiger partial charge in [-0.3, -0.25) is 9.59 Å². The predicted molar refractivity (Wildman–Crippen MR) is 84.7 cm³/mol. The van der Waals surface area contributed by atoms with Crippen LogP contribution in [-0.4, -0.2) is 36.5 Å². The predicted octanol–water partition coefficient (Wildman–Crippen LogP) is 2.24. The van der Waals surface area contributed by atoms with Crippen LogP contribution in [0.15, 0.2) is 24.3 Å². The Morgan fingerprint density at radius 1 is 1.30 bits per heavy atom. The Morgan fingerprint density at radius 3 is 2.61 bits per heavy atom. The van der Waals surface area contributed by atoms with Crippen molar-refractivity contribution in [2.75, 3.05) is 13.7 Å². The first-order valence-corrected chi connectivity index (χ1v) is 8.15. The third-order valence-electron chi connectivity index (χ3n) is 4.94. The van der Waals surface area contributed by atoms with Gasteiger partial charge in [0.05, 0.1) is 19.6 Å². The number of benzene rings is 1. The molecule has 5 heteroatoms. The van der Waals surface area contributed by atoms with Crippen molar-refractivity contribution >= 4 is 11.9 Å². The van der Waals surface area contributed by atoms with E-state index in [0.29, 0.717) is 19.6 Å². The van der Waals surface area contributed by atoms with Crippen molar-refractivity contribution in [3.8, 4) is 5.75 Å². The summed E-state index contributed by atoms with van der Waals surface area (Å²) >= 11 is 0. The van der Waals surface area contributed by atoms with Gasteiger partial charge in [-0.05, 0) is 36.5 Å². The van der Waals surface area contributed by atoms with Crippen LogP contribution in [0.4, 0.5) is 0 Å². The second-order valence-electron chi connectivity index (χ2n) is 6.40. The lowest BCUT2D eigenvalue weighted by atomic mass is 9.96. The molecule has 2 aliphatic rings. The quantitative estimate of drug-likeness (QED) is 0.782. The molecule has 1 amide bonds. The maximum atomic E-state index is 12.4. The van der Waals surface area contributed by atoms with E-state index >= 15 is 0 Å². The highest BCUT2D eigenvalue weighted by atomic mass is 16.5. The average Bonchev–Trinajstić information content (AvgIpc) is 3.28. The molecule has 1 saturated carbocycles. The van der Waals surface area contributed by atoms with Crippen LogP contribution in [0.25, 0.3) is 0 Å². The molecule has 0 unspecified atom stereocenters. The number of likely N-dealkylation sites (tertiary alicyclic amines) is 1. The molecule has 2 fully saturated rings. The van der Waals surface area contributed by atoms with Crippen LogP contribution < -0.4 is 4.74 Å². The van der Waals surface area contributed by atoms with Gasteiger partial charge in [0.25, 0.3) is 0 Å². The number of rotatable bonds is 5. The first-order valence-electron chi connectivity index (χ1n) is 8.15.